The van der Waals surface area contributed by atoms with Crippen LogP contribution in [-0.2, 0) is 22.6 Å². The highest BCUT2D eigenvalue weighted by Gasteiger charge is 2.19. The van der Waals surface area contributed by atoms with E-state index in [2.05, 4.69) is 5.32 Å². The monoisotopic (exact) mass is 591 g/mol. The Morgan fingerprint density at radius 2 is 1.65 bits per heavy atom. The van der Waals surface area contributed by atoms with Gasteiger partial charge in [-0.25, -0.2) is 0 Å². The minimum atomic E-state index is -0.949. The Kier molecular flexibility index (Phi) is 10.1. The second-order valence-electron chi connectivity index (χ2n) is 11.5. The van der Waals surface area contributed by atoms with E-state index in [9.17, 15) is 19.5 Å². The van der Waals surface area contributed by atoms with Gasteiger partial charge >= 0.3 is 11.9 Å². The zero-order valence-corrected chi connectivity index (χ0v) is 24.6. The van der Waals surface area contributed by atoms with Gasteiger partial charge in [0, 0.05) is 30.5 Å². The summed E-state index contributed by atoms with van der Waals surface area (Å²) in [5.41, 5.74) is 3.30. The van der Waals surface area contributed by atoms with Crippen LogP contribution in [0.1, 0.15) is 61.5 Å². The molecule has 0 bridgehead atoms. The van der Waals surface area contributed by atoms with Gasteiger partial charge in [0.05, 0.1) is 6.61 Å². The lowest BCUT2D eigenvalue weighted by atomic mass is 9.96. The summed E-state index contributed by atoms with van der Waals surface area (Å²) in [6.07, 6.45) is 0.390. The van der Waals surface area contributed by atoms with Crippen LogP contribution in [0.25, 0.3) is 11.1 Å². The Morgan fingerprint density at radius 3 is 2.40 bits per heavy atom. The first-order chi connectivity index (χ1) is 20.5. The molecule has 1 aliphatic rings. The Labute approximate surface area is 250 Å². The summed E-state index contributed by atoms with van der Waals surface area (Å²) in [6, 6.07) is 16.2. The van der Waals surface area contributed by atoms with Crippen LogP contribution in [0.4, 0.5) is 0 Å². The molecule has 0 aliphatic carbocycles. The minimum Gasteiger partial charge on any atom is -0.493 e. The molecule has 1 amide bonds. The number of rotatable bonds is 14. The summed E-state index contributed by atoms with van der Waals surface area (Å²) in [4.78, 5) is 35.4. The SMILES string of the molecule is CC(C)(C)CNC(=O)c1cc(OCc2cccc(OCCCC(=O)O)c2CCC(=O)O)cc(-c2ccc3c(c2)OCO3)c1. The quantitative estimate of drug-likeness (QED) is 0.201. The van der Waals surface area contributed by atoms with Gasteiger partial charge in [0.15, 0.2) is 11.5 Å². The summed E-state index contributed by atoms with van der Waals surface area (Å²) >= 11 is 0. The maximum atomic E-state index is 13.2. The summed E-state index contributed by atoms with van der Waals surface area (Å²) in [5, 5.41) is 21.2. The number of carbonyl (C=O) groups excluding carboxylic acids is 1. The molecule has 10 nitrogen and oxygen atoms in total. The lowest BCUT2D eigenvalue weighted by molar-refractivity contribution is -0.138. The molecule has 1 aliphatic heterocycles. The molecule has 1 heterocycles. The number of carboxylic acid groups (broad SMARTS) is 2. The molecule has 3 aromatic rings. The van der Waals surface area contributed by atoms with Crippen LogP contribution in [-0.4, -0.2) is 48.0 Å². The zero-order chi connectivity index (χ0) is 31.0. The fourth-order valence-electron chi connectivity index (χ4n) is 4.47. The Hall–Kier alpha value is -4.73. The average Bonchev–Trinajstić information content (AvgIpc) is 3.43. The largest absolute Gasteiger partial charge is 0.493 e. The Morgan fingerprint density at radius 1 is 0.884 bits per heavy atom. The van der Waals surface area contributed by atoms with Crippen molar-refractivity contribution in [1.82, 2.24) is 5.32 Å². The van der Waals surface area contributed by atoms with Crippen molar-refractivity contribution in [3.63, 3.8) is 0 Å². The molecular weight excluding hydrogens is 554 g/mol. The molecule has 0 spiro atoms. The number of nitrogens with one attached hydrogen (secondary N) is 1. The molecule has 3 N–H and O–H groups in total. The highest BCUT2D eigenvalue weighted by Crippen LogP contribution is 2.37. The summed E-state index contributed by atoms with van der Waals surface area (Å²) in [6.45, 7) is 7.03. The topological polar surface area (TPSA) is 141 Å². The summed E-state index contributed by atoms with van der Waals surface area (Å²) < 4.78 is 23.1. The molecule has 0 saturated heterocycles. The van der Waals surface area contributed by atoms with E-state index in [-0.39, 0.29) is 50.6 Å². The molecule has 43 heavy (non-hydrogen) atoms. The van der Waals surface area contributed by atoms with Crippen molar-refractivity contribution >= 4 is 17.8 Å². The van der Waals surface area contributed by atoms with Crippen molar-refractivity contribution in [2.45, 2.75) is 53.1 Å². The van der Waals surface area contributed by atoms with E-state index in [1.807, 2.05) is 51.1 Å². The number of hydrogen-bond acceptors (Lipinski definition) is 7. The third-order valence-electron chi connectivity index (χ3n) is 6.66. The predicted octanol–water partition coefficient (Wildman–Crippen LogP) is 5.70. The molecule has 0 atom stereocenters. The number of hydrogen-bond donors (Lipinski definition) is 3. The number of carboxylic acids is 2. The van der Waals surface area contributed by atoms with Gasteiger partial charge in [0.1, 0.15) is 18.1 Å². The van der Waals surface area contributed by atoms with Crippen molar-refractivity contribution < 1.29 is 43.5 Å². The van der Waals surface area contributed by atoms with E-state index in [4.69, 9.17) is 24.1 Å². The van der Waals surface area contributed by atoms with Crippen LogP contribution in [0.3, 0.4) is 0 Å². The van der Waals surface area contributed by atoms with Gasteiger partial charge in [0.2, 0.25) is 6.79 Å². The number of fused-ring (bicyclic) bond motifs is 1. The highest BCUT2D eigenvalue weighted by molar-refractivity contribution is 5.96. The lowest BCUT2D eigenvalue weighted by Crippen LogP contribution is -2.32. The summed E-state index contributed by atoms with van der Waals surface area (Å²) in [7, 11) is 0. The molecule has 4 rings (SSSR count). The third kappa shape index (κ3) is 9.13. The van der Waals surface area contributed by atoms with E-state index >= 15 is 0 Å². The fourth-order valence-corrected chi connectivity index (χ4v) is 4.47. The minimum absolute atomic E-state index is 0.0291. The van der Waals surface area contributed by atoms with Crippen LogP contribution >= 0.6 is 0 Å². The van der Waals surface area contributed by atoms with Crippen LogP contribution in [0, 0.1) is 5.41 Å². The van der Waals surface area contributed by atoms with E-state index < -0.39 is 11.9 Å². The second-order valence-corrected chi connectivity index (χ2v) is 11.5. The molecular formula is C33H37NO9. The number of ether oxygens (including phenoxy) is 4. The van der Waals surface area contributed by atoms with Crippen molar-refractivity contribution in [3.05, 3.63) is 71.3 Å². The fraction of sp³-hybridized carbons (Fsp3) is 0.364. The average molecular weight is 592 g/mol. The highest BCUT2D eigenvalue weighted by atomic mass is 16.7. The third-order valence-corrected chi connectivity index (χ3v) is 6.66. The van der Waals surface area contributed by atoms with Gasteiger partial charge in [-0.2, -0.15) is 0 Å². The number of carbonyl (C=O) groups is 3. The normalized spacial score (nSPS) is 12.1. The summed E-state index contributed by atoms with van der Waals surface area (Å²) in [5.74, 6) is 0.114. The molecule has 0 unspecified atom stereocenters. The number of amides is 1. The van der Waals surface area contributed by atoms with E-state index in [0.717, 1.165) is 16.7 Å². The first kappa shape index (κ1) is 31.2. The smallest absolute Gasteiger partial charge is 0.303 e. The Balaban J connectivity index is 1.61. The van der Waals surface area contributed by atoms with Crippen LogP contribution in [0.15, 0.2) is 54.6 Å². The van der Waals surface area contributed by atoms with E-state index in [1.54, 1.807) is 24.3 Å². The van der Waals surface area contributed by atoms with Crippen LogP contribution in [0.5, 0.6) is 23.0 Å². The Bertz CT molecular complexity index is 1480. The van der Waals surface area contributed by atoms with Crippen LogP contribution in [0.2, 0.25) is 0 Å². The van der Waals surface area contributed by atoms with Crippen molar-refractivity contribution in [2.24, 2.45) is 5.41 Å². The maximum Gasteiger partial charge on any atom is 0.303 e. The van der Waals surface area contributed by atoms with E-state index in [1.165, 1.54) is 0 Å². The van der Waals surface area contributed by atoms with Gasteiger partial charge < -0.3 is 34.5 Å². The second kappa shape index (κ2) is 14.0. The molecule has 3 aromatic carbocycles. The first-order valence-corrected chi connectivity index (χ1v) is 14.1. The lowest BCUT2D eigenvalue weighted by Gasteiger charge is -2.19. The number of aliphatic carboxylic acids is 2. The van der Waals surface area contributed by atoms with Crippen molar-refractivity contribution in [2.75, 3.05) is 19.9 Å². The molecule has 0 radical (unpaired) electrons. The molecule has 10 heteroatoms. The standard InChI is InChI=1S/C33H37NO9/c1-33(2,3)19-34-32(39)24-14-23(21-9-11-28-29(17-21)43-20-42-28)15-25(16-24)41-18-22-6-4-7-27(26(22)10-12-31(37)38)40-13-5-8-30(35)36/h4,6-7,9,11,14-17H,5,8,10,12-13,18-20H2,1-3H3,(H,34,39)(H,35,36)(H,37,38). The molecule has 0 fully saturated rings. The number of benzene rings is 3. The van der Waals surface area contributed by atoms with Crippen molar-refractivity contribution in [3.8, 4) is 34.1 Å². The van der Waals surface area contributed by atoms with Gasteiger partial charge in [-0.3, -0.25) is 14.4 Å². The molecule has 0 saturated carbocycles. The van der Waals surface area contributed by atoms with Gasteiger partial charge in [-0.1, -0.05) is 39.0 Å². The molecule has 228 valence electrons. The van der Waals surface area contributed by atoms with Gasteiger partial charge in [-0.05, 0) is 71.3 Å². The zero-order valence-electron chi connectivity index (χ0n) is 24.6. The maximum absolute atomic E-state index is 13.2. The predicted molar refractivity (Wildman–Crippen MR) is 159 cm³/mol. The van der Waals surface area contributed by atoms with Gasteiger partial charge in [-0.15, -0.1) is 0 Å². The van der Waals surface area contributed by atoms with Crippen molar-refractivity contribution in [1.29, 1.82) is 0 Å². The van der Waals surface area contributed by atoms with E-state index in [0.29, 0.717) is 47.1 Å². The van der Waals surface area contributed by atoms with Gasteiger partial charge in [0.25, 0.3) is 5.91 Å². The molecule has 0 aromatic heterocycles. The first-order valence-electron chi connectivity index (χ1n) is 14.1. The van der Waals surface area contributed by atoms with Crippen LogP contribution < -0.4 is 24.3 Å².